The highest BCUT2D eigenvalue weighted by Gasteiger charge is 2.22. The second-order valence-corrected chi connectivity index (χ2v) is 13.7. The number of thioether (sulfide) groups is 6. The summed E-state index contributed by atoms with van der Waals surface area (Å²) in [5, 5.41) is 6.11. The largest absolute Gasteiger partial charge is 0.160 e. The van der Waals surface area contributed by atoms with Crippen molar-refractivity contribution in [1.82, 2.24) is 0 Å². The van der Waals surface area contributed by atoms with E-state index in [1.54, 1.807) is 23.5 Å². The summed E-state index contributed by atoms with van der Waals surface area (Å²) in [5.74, 6) is 7.70. The average molecular weight is 469 g/mol. The molecule has 0 radical (unpaired) electrons. The molecule has 132 valence electrons. The first kappa shape index (κ1) is 20.5. The van der Waals surface area contributed by atoms with E-state index in [1.165, 1.54) is 58.5 Å². The molecular formula is C16H20S8. The predicted molar refractivity (Wildman–Crippen MR) is 133 cm³/mol. The highest BCUT2D eigenvalue weighted by atomic mass is 32.2. The third-order valence-corrected chi connectivity index (χ3v) is 12.6. The molecule has 0 spiro atoms. The van der Waals surface area contributed by atoms with E-state index in [2.05, 4.69) is 57.9 Å². The Kier molecular flexibility index (Phi) is 9.33. The minimum absolute atomic E-state index is 0.840. The summed E-state index contributed by atoms with van der Waals surface area (Å²) in [6, 6.07) is 0. The van der Waals surface area contributed by atoms with Crippen molar-refractivity contribution < 1.29 is 0 Å². The van der Waals surface area contributed by atoms with Gasteiger partial charge in [0.05, 0.1) is 8.39 Å². The summed E-state index contributed by atoms with van der Waals surface area (Å²) in [4.78, 5) is 0. The molecule has 0 aromatic rings. The smallest absolute Gasteiger partial charge is 0.0785 e. The standard InChI is InChI=1S/C16H20S8/c17-15-11(5-23-15)1-3-19-7-13-9-22-14(10-21-13)8-20-4-2-12-6-24-16(12)18/h5-6,13-14H,1-4,7-10H2. The van der Waals surface area contributed by atoms with Gasteiger partial charge in [0.1, 0.15) is 0 Å². The first-order valence-electron chi connectivity index (χ1n) is 7.91. The topological polar surface area (TPSA) is 0 Å². The highest BCUT2D eigenvalue weighted by Crippen LogP contribution is 2.35. The Labute approximate surface area is 181 Å². The van der Waals surface area contributed by atoms with Gasteiger partial charge in [0.15, 0.2) is 0 Å². The van der Waals surface area contributed by atoms with Crippen molar-refractivity contribution in [2.45, 2.75) is 23.3 Å². The van der Waals surface area contributed by atoms with Crippen LogP contribution in [-0.2, 0) is 0 Å². The van der Waals surface area contributed by atoms with Crippen LogP contribution < -0.4 is 0 Å². The summed E-state index contributed by atoms with van der Waals surface area (Å²) in [6.07, 6.45) is 2.33. The Balaban J connectivity index is 1.18. The third kappa shape index (κ3) is 6.43. The monoisotopic (exact) mass is 468 g/mol. The van der Waals surface area contributed by atoms with Crippen LogP contribution in [-0.4, -0.2) is 53.4 Å². The van der Waals surface area contributed by atoms with Gasteiger partial charge in [0, 0.05) is 33.5 Å². The lowest BCUT2D eigenvalue weighted by Crippen LogP contribution is -2.25. The molecule has 3 rings (SSSR count). The fraction of sp³-hybridized carbons (Fsp3) is 0.625. The lowest BCUT2D eigenvalue weighted by atomic mass is 10.3. The molecule has 0 aliphatic carbocycles. The summed E-state index contributed by atoms with van der Waals surface area (Å²) in [5.41, 5.74) is 2.81. The molecule has 0 nitrogen and oxygen atoms in total. The Morgan fingerprint density at radius 1 is 0.833 bits per heavy atom. The second kappa shape index (κ2) is 10.9. The van der Waals surface area contributed by atoms with Crippen molar-refractivity contribution in [3.05, 3.63) is 22.0 Å². The van der Waals surface area contributed by atoms with E-state index < -0.39 is 0 Å². The molecule has 0 bridgehead atoms. The van der Waals surface area contributed by atoms with Gasteiger partial charge < -0.3 is 0 Å². The van der Waals surface area contributed by atoms with Crippen LogP contribution in [0.4, 0.5) is 0 Å². The molecule has 2 atom stereocenters. The van der Waals surface area contributed by atoms with E-state index in [9.17, 15) is 0 Å². The minimum atomic E-state index is 0.840. The van der Waals surface area contributed by atoms with Crippen LogP contribution in [0.15, 0.2) is 22.0 Å². The van der Waals surface area contributed by atoms with E-state index in [0.717, 1.165) is 18.9 Å². The molecule has 8 heteroatoms. The fourth-order valence-electron chi connectivity index (χ4n) is 2.27. The zero-order valence-corrected chi connectivity index (χ0v) is 19.8. The molecule has 0 N–H and O–H groups in total. The zero-order valence-electron chi connectivity index (χ0n) is 13.2. The van der Waals surface area contributed by atoms with E-state index in [4.69, 9.17) is 24.4 Å². The Bertz CT molecular complexity index is 482. The van der Waals surface area contributed by atoms with Gasteiger partial charge in [-0.25, -0.2) is 0 Å². The maximum atomic E-state index is 5.23. The lowest BCUT2D eigenvalue weighted by molar-refractivity contribution is 1.05. The molecule has 3 aliphatic heterocycles. The van der Waals surface area contributed by atoms with Crippen LogP contribution in [0.1, 0.15) is 12.8 Å². The average Bonchev–Trinajstić information content (AvgIpc) is 2.59. The number of hydrogen-bond donors (Lipinski definition) is 0. The Morgan fingerprint density at radius 2 is 1.29 bits per heavy atom. The normalized spacial score (nSPS) is 26.5. The van der Waals surface area contributed by atoms with Crippen LogP contribution in [0.25, 0.3) is 0 Å². The van der Waals surface area contributed by atoms with Crippen LogP contribution in [0, 0.1) is 0 Å². The van der Waals surface area contributed by atoms with Crippen molar-refractivity contribution in [2.24, 2.45) is 0 Å². The first-order valence-corrected chi connectivity index (χ1v) is 14.9. The molecule has 3 heterocycles. The molecule has 1 saturated heterocycles. The van der Waals surface area contributed by atoms with Gasteiger partial charge in [-0.2, -0.15) is 47.0 Å². The Morgan fingerprint density at radius 3 is 1.58 bits per heavy atom. The van der Waals surface area contributed by atoms with Gasteiger partial charge in [0.25, 0.3) is 0 Å². The Hall–Kier alpha value is 1.76. The first-order chi connectivity index (χ1) is 11.7. The van der Waals surface area contributed by atoms with Gasteiger partial charge >= 0.3 is 0 Å². The number of rotatable bonds is 10. The molecule has 24 heavy (non-hydrogen) atoms. The molecular weight excluding hydrogens is 449 g/mol. The number of thiocarbonyl (C=S) groups is 2. The van der Waals surface area contributed by atoms with E-state index in [1.807, 2.05) is 0 Å². The molecule has 0 saturated carbocycles. The van der Waals surface area contributed by atoms with Gasteiger partial charge in [-0.1, -0.05) is 48.0 Å². The van der Waals surface area contributed by atoms with Crippen molar-refractivity contribution in [1.29, 1.82) is 0 Å². The van der Waals surface area contributed by atoms with Gasteiger partial charge in [-0.15, -0.1) is 0 Å². The van der Waals surface area contributed by atoms with Gasteiger partial charge in [0.2, 0.25) is 0 Å². The van der Waals surface area contributed by atoms with Crippen molar-refractivity contribution in [3.63, 3.8) is 0 Å². The molecule has 0 aromatic carbocycles. The molecule has 2 unspecified atom stereocenters. The van der Waals surface area contributed by atoms with Crippen molar-refractivity contribution in [3.8, 4) is 0 Å². The van der Waals surface area contributed by atoms with Crippen LogP contribution in [0.5, 0.6) is 0 Å². The van der Waals surface area contributed by atoms with Gasteiger partial charge in [-0.3, -0.25) is 0 Å². The van der Waals surface area contributed by atoms with Crippen LogP contribution >= 0.6 is 95.0 Å². The van der Waals surface area contributed by atoms with Crippen molar-refractivity contribution in [2.75, 3.05) is 34.5 Å². The lowest BCUT2D eigenvalue weighted by Gasteiger charge is -2.27. The third-order valence-electron chi connectivity index (χ3n) is 3.82. The molecule has 1 fully saturated rings. The summed E-state index contributed by atoms with van der Waals surface area (Å²) < 4.78 is 2.24. The van der Waals surface area contributed by atoms with Crippen molar-refractivity contribution >= 4 is 103 Å². The fourth-order valence-corrected chi connectivity index (χ4v) is 10.2. The predicted octanol–water partition coefficient (Wildman–Crippen LogP) is 6.37. The van der Waals surface area contributed by atoms with E-state index in [-0.39, 0.29) is 0 Å². The molecule has 0 amide bonds. The zero-order chi connectivity index (χ0) is 16.8. The maximum Gasteiger partial charge on any atom is 0.0785 e. The summed E-state index contributed by atoms with van der Waals surface area (Å²) in [7, 11) is 0. The highest BCUT2D eigenvalue weighted by molar-refractivity contribution is 8.28. The SMILES string of the molecule is S=C1SC=C1CCSCC1CSC(CSCCC2=CSC2=S)CS1. The summed E-state index contributed by atoms with van der Waals surface area (Å²) in [6.45, 7) is 0. The summed E-state index contributed by atoms with van der Waals surface area (Å²) >= 11 is 22.5. The van der Waals surface area contributed by atoms with Gasteiger partial charge in [-0.05, 0) is 46.3 Å². The van der Waals surface area contributed by atoms with Crippen LogP contribution in [0.3, 0.4) is 0 Å². The quantitative estimate of drug-likeness (QED) is 0.265. The molecule has 3 aliphatic rings. The second-order valence-electron chi connectivity index (χ2n) is 5.66. The maximum absolute atomic E-state index is 5.23. The minimum Gasteiger partial charge on any atom is -0.160 e. The van der Waals surface area contributed by atoms with E-state index >= 15 is 0 Å². The van der Waals surface area contributed by atoms with Crippen LogP contribution in [0.2, 0.25) is 0 Å². The number of hydrogen-bond acceptors (Lipinski definition) is 8. The molecule has 0 aromatic heterocycles. The van der Waals surface area contributed by atoms with E-state index in [0.29, 0.717) is 0 Å².